The van der Waals surface area contributed by atoms with E-state index in [0.717, 1.165) is 5.56 Å². The van der Waals surface area contributed by atoms with E-state index in [2.05, 4.69) is 4.98 Å². The molecule has 2 aromatic rings. The highest BCUT2D eigenvalue weighted by atomic mass is 35.5. The van der Waals surface area contributed by atoms with Crippen molar-refractivity contribution in [3.8, 4) is 0 Å². The summed E-state index contributed by atoms with van der Waals surface area (Å²) in [5.74, 6) is -0.319. The van der Waals surface area contributed by atoms with Crippen LogP contribution in [-0.4, -0.2) is 15.9 Å². The number of aliphatic hydroxyl groups is 1. The van der Waals surface area contributed by atoms with E-state index in [4.69, 9.17) is 23.2 Å². The van der Waals surface area contributed by atoms with Crippen LogP contribution < -0.4 is 0 Å². The fraction of sp³-hybridized carbons (Fsp3) is 0.250. The molecule has 1 heterocycles. The van der Waals surface area contributed by atoms with Crippen molar-refractivity contribution in [2.24, 2.45) is 0 Å². The van der Waals surface area contributed by atoms with Gasteiger partial charge in [-0.1, -0.05) is 35.3 Å². The van der Waals surface area contributed by atoms with Gasteiger partial charge in [0, 0.05) is 28.0 Å². The monoisotopic (exact) mass is 323 g/mol. The Bertz CT molecular complexity index is 646. The number of ketones is 1. The van der Waals surface area contributed by atoms with Crippen LogP contribution in [0.1, 0.15) is 24.5 Å². The van der Waals surface area contributed by atoms with Gasteiger partial charge >= 0.3 is 0 Å². The maximum Gasteiger partial charge on any atom is 0.165 e. The third-order valence-corrected chi connectivity index (χ3v) is 4.08. The minimum atomic E-state index is -1.56. The zero-order chi connectivity index (χ0) is 15.5. The van der Waals surface area contributed by atoms with Crippen molar-refractivity contribution >= 4 is 29.0 Å². The van der Waals surface area contributed by atoms with E-state index >= 15 is 0 Å². The number of carbonyl (C=O) groups excluding carboxylic acids is 1. The van der Waals surface area contributed by atoms with Crippen molar-refractivity contribution in [1.29, 1.82) is 0 Å². The molecule has 0 bridgehead atoms. The van der Waals surface area contributed by atoms with Gasteiger partial charge < -0.3 is 5.11 Å². The van der Waals surface area contributed by atoms with Crippen LogP contribution >= 0.6 is 23.2 Å². The summed E-state index contributed by atoms with van der Waals surface area (Å²) in [6.45, 7) is 1.37. The summed E-state index contributed by atoms with van der Waals surface area (Å²) >= 11 is 12.0. The van der Waals surface area contributed by atoms with Gasteiger partial charge in [0.15, 0.2) is 5.78 Å². The largest absolute Gasteiger partial charge is 0.377 e. The third kappa shape index (κ3) is 3.62. The van der Waals surface area contributed by atoms with Crippen LogP contribution in [0.3, 0.4) is 0 Å². The second kappa shape index (κ2) is 6.56. The third-order valence-electron chi connectivity index (χ3n) is 3.49. The van der Waals surface area contributed by atoms with Gasteiger partial charge in [0.1, 0.15) is 5.60 Å². The summed E-state index contributed by atoms with van der Waals surface area (Å²) < 4.78 is 0. The molecule has 2 rings (SSSR count). The number of hydrogen-bond donors (Lipinski definition) is 1. The van der Waals surface area contributed by atoms with E-state index in [1.807, 2.05) is 0 Å². The molecule has 0 radical (unpaired) electrons. The first-order valence-corrected chi connectivity index (χ1v) is 7.27. The topological polar surface area (TPSA) is 50.2 Å². The smallest absolute Gasteiger partial charge is 0.165 e. The van der Waals surface area contributed by atoms with Gasteiger partial charge in [-0.3, -0.25) is 9.78 Å². The van der Waals surface area contributed by atoms with E-state index in [9.17, 15) is 9.90 Å². The molecule has 1 aromatic carbocycles. The van der Waals surface area contributed by atoms with Crippen molar-refractivity contribution < 1.29 is 9.90 Å². The lowest BCUT2D eigenvalue weighted by atomic mass is 9.85. The van der Waals surface area contributed by atoms with Gasteiger partial charge in [-0.05, 0) is 43.5 Å². The fourth-order valence-electron chi connectivity index (χ4n) is 2.17. The Balaban J connectivity index is 2.23. The molecule has 3 nitrogen and oxygen atoms in total. The summed E-state index contributed by atoms with van der Waals surface area (Å²) in [6.07, 6.45) is 3.79. The van der Waals surface area contributed by atoms with E-state index in [0.29, 0.717) is 22.0 Å². The molecule has 0 amide bonds. The molecule has 21 heavy (non-hydrogen) atoms. The first kappa shape index (κ1) is 16.0. The molecule has 0 spiro atoms. The van der Waals surface area contributed by atoms with Crippen LogP contribution in [0.5, 0.6) is 0 Å². The Kier molecular flexibility index (Phi) is 4.99. The minimum Gasteiger partial charge on any atom is -0.377 e. The fourth-order valence-corrected chi connectivity index (χ4v) is 2.67. The summed E-state index contributed by atoms with van der Waals surface area (Å²) in [7, 11) is 0. The van der Waals surface area contributed by atoms with Gasteiger partial charge in [-0.2, -0.15) is 0 Å². The number of Topliss-reactive ketones (excluding diaryl/α,β-unsaturated/α-hetero) is 1. The van der Waals surface area contributed by atoms with Gasteiger partial charge in [0.05, 0.1) is 0 Å². The predicted molar refractivity (Wildman–Crippen MR) is 83.6 cm³/mol. The van der Waals surface area contributed by atoms with E-state index < -0.39 is 5.60 Å². The number of carbonyl (C=O) groups is 1. The van der Waals surface area contributed by atoms with Crippen LogP contribution in [0, 0.1) is 0 Å². The normalized spacial score (nSPS) is 13.7. The van der Waals surface area contributed by atoms with Crippen molar-refractivity contribution in [2.45, 2.75) is 25.4 Å². The molecule has 1 unspecified atom stereocenters. The Labute approximate surface area is 133 Å². The molecule has 0 saturated carbocycles. The first-order chi connectivity index (χ1) is 9.93. The Hall–Kier alpha value is -1.42. The number of nitrogens with zero attached hydrogens (tertiary/aromatic N) is 1. The number of rotatable bonds is 5. The first-order valence-electron chi connectivity index (χ1n) is 6.51. The second-order valence-corrected chi connectivity index (χ2v) is 5.74. The lowest BCUT2D eigenvalue weighted by Gasteiger charge is -2.25. The summed E-state index contributed by atoms with van der Waals surface area (Å²) in [4.78, 5) is 15.9. The van der Waals surface area contributed by atoms with E-state index in [-0.39, 0.29) is 12.2 Å². The maximum atomic E-state index is 11.9. The van der Waals surface area contributed by atoms with Crippen molar-refractivity contribution in [3.05, 3.63) is 63.9 Å². The summed E-state index contributed by atoms with van der Waals surface area (Å²) in [6, 6.07) is 8.57. The average Bonchev–Trinajstić information content (AvgIpc) is 2.46. The van der Waals surface area contributed by atoms with Crippen LogP contribution in [0.2, 0.25) is 10.0 Å². The van der Waals surface area contributed by atoms with Crippen LogP contribution in [0.25, 0.3) is 0 Å². The zero-order valence-electron chi connectivity index (χ0n) is 11.5. The molecular formula is C16H15Cl2NO2. The Morgan fingerprint density at radius 1 is 1.33 bits per heavy atom. The molecule has 1 aromatic heterocycles. The highest BCUT2D eigenvalue weighted by molar-refractivity contribution is 6.35. The van der Waals surface area contributed by atoms with Crippen LogP contribution in [0.4, 0.5) is 0 Å². The number of benzene rings is 1. The molecule has 0 aliphatic carbocycles. The summed E-state index contributed by atoms with van der Waals surface area (Å²) in [5.41, 5.74) is -0.232. The van der Waals surface area contributed by atoms with Gasteiger partial charge in [0.2, 0.25) is 0 Å². The van der Waals surface area contributed by atoms with Crippen LogP contribution in [0.15, 0.2) is 42.7 Å². The molecule has 110 valence electrons. The van der Waals surface area contributed by atoms with Gasteiger partial charge in [0.25, 0.3) is 0 Å². The molecule has 0 aliphatic heterocycles. The highest BCUT2D eigenvalue weighted by Gasteiger charge is 2.34. The molecule has 0 saturated heterocycles. The standard InChI is InChI=1S/C16H15Cl2NO2/c1-11(20)16(21,13-3-2-8-19-10-13)7-6-12-4-5-14(17)9-15(12)18/h2-5,8-10,21H,6-7H2,1H3. The van der Waals surface area contributed by atoms with Gasteiger partial charge in [-0.15, -0.1) is 0 Å². The summed E-state index contributed by atoms with van der Waals surface area (Å²) in [5, 5.41) is 11.8. The van der Waals surface area contributed by atoms with E-state index in [1.165, 1.54) is 13.1 Å². The lowest BCUT2D eigenvalue weighted by Crippen LogP contribution is -2.34. The maximum absolute atomic E-state index is 11.9. The lowest BCUT2D eigenvalue weighted by molar-refractivity contribution is -0.136. The molecule has 1 atom stereocenters. The SMILES string of the molecule is CC(=O)C(O)(CCc1ccc(Cl)cc1Cl)c1cccnc1. The van der Waals surface area contributed by atoms with Crippen LogP contribution in [-0.2, 0) is 16.8 Å². The average molecular weight is 324 g/mol. The molecular weight excluding hydrogens is 309 g/mol. The predicted octanol–water partition coefficient (Wildman–Crippen LogP) is 3.80. The minimum absolute atomic E-state index is 0.232. The molecule has 5 heteroatoms. The number of pyridine rings is 1. The van der Waals surface area contributed by atoms with E-state index in [1.54, 1.807) is 36.5 Å². The van der Waals surface area contributed by atoms with Crippen molar-refractivity contribution in [1.82, 2.24) is 4.98 Å². The zero-order valence-corrected chi connectivity index (χ0v) is 13.0. The second-order valence-electron chi connectivity index (χ2n) is 4.89. The van der Waals surface area contributed by atoms with Crippen molar-refractivity contribution in [2.75, 3.05) is 0 Å². The Morgan fingerprint density at radius 2 is 2.10 bits per heavy atom. The molecule has 0 aliphatic rings. The van der Waals surface area contributed by atoms with Crippen molar-refractivity contribution in [3.63, 3.8) is 0 Å². The molecule has 0 fully saturated rings. The highest BCUT2D eigenvalue weighted by Crippen LogP contribution is 2.30. The number of hydrogen-bond acceptors (Lipinski definition) is 3. The number of aromatic nitrogens is 1. The number of aryl methyl sites for hydroxylation is 1. The quantitative estimate of drug-likeness (QED) is 0.910. The molecule has 1 N–H and O–H groups in total. The van der Waals surface area contributed by atoms with Gasteiger partial charge in [-0.25, -0.2) is 0 Å². The Morgan fingerprint density at radius 3 is 2.67 bits per heavy atom. The number of halogens is 2.